The molecular weight excluding hydrogens is 478 g/mol. The highest BCUT2D eigenvalue weighted by atomic mass is 35.5. The van der Waals surface area contributed by atoms with Crippen LogP contribution in [-0.2, 0) is 4.79 Å². The summed E-state index contributed by atoms with van der Waals surface area (Å²) in [5, 5.41) is 3.93. The number of hydrogen-bond donors (Lipinski definition) is 1. The van der Waals surface area contributed by atoms with Gasteiger partial charge in [0.2, 0.25) is 12.7 Å². The molecule has 1 N–H and O–H groups in total. The molecule has 34 heavy (non-hydrogen) atoms. The monoisotopic (exact) mass is 499 g/mol. The van der Waals surface area contributed by atoms with E-state index in [1.165, 1.54) is 11.8 Å². The first-order valence-corrected chi connectivity index (χ1v) is 11.8. The van der Waals surface area contributed by atoms with Crippen LogP contribution in [0.5, 0.6) is 17.2 Å². The zero-order chi connectivity index (χ0) is 23.9. The quantitative estimate of drug-likeness (QED) is 0.438. The number of halogens is 1. The summed E-state index contributed by atoms with van der Waals surface area (Å²) in [5.74, 6) is 1.58. The normalized spacial score (nSPS) is 11.7. The van der Waals surface area contributed by atoms with Crippen molar-refractivity contribution in [3.8, 4) is 17.2 Å². The Morgan fingerprint density at radius 3 is 2.76 bits per heavy atom. The molecule has 1 aromatic heterocycles. The van der Waals surface area contributed by atoms with Gasteiger partial charge < -0.3 is 24.4 Å². The zero-order valence-corrected chi connectivity index (χ0v) is 19.9. The van der Waals surface area contributed by atoms with Crippen molar-refractivity contribution in [3.63, 3.8) is 0 Å². The summed E-state index contributed by atoms with van der Waals surface area (Å²) in [4.78, 5) is 31.3. The maximum atomic E-state index is 13.0. The number of carbonyl (C=O) groups is 2. The van der Waals surface area contributed by atoms with E-state index in [9.17, 15) is 9.59 Å². The van der Waals surface area contributed by atoms with Gasteiger partial charge in [-0.2, -0.15) is 0 Å². The Bertz CT molecular complexity index is 1180. The molecule has 3 aromatic rings. The average molecular weight is 500 g/mol. The average Bonchev–Trinajstić information content (AvgIpc) is 3.31. The molecule has 2 aromatic carbocycles. The standard InChI is InChI=1S/C24H22ClN3O5S/c1-28(11-12-31-18-7-4-16(25)5-8-18)24(30)19-3-2-10-26-23(19)34-14-22(29)27-17-6-9-20-21(13-17)33-15-32-20/h2-10,13H,11-12,14-15H2,1H3,(H,27,29). The van der Waals surface area contributed by atoms with E-state index in [1.54, 1.807) is 72.7 Å². The molecule has 0 spiro atoms. The van der Waals surface area contributed by atoms with E-state index < -0.39 is 0 Å². The second kappa shape index (κ2) is 11.1. The Balaban J connectivity index is 1.30. The second-order valence-electron chi connectivity index (χ2n) is 7.29. The first kappa shape index (κ1) is 23.7. The van der Waals surface area contributed by atoms with E-state index in [4.69, 9.17) is 25.8 Å². The van der Waals surface area contributed by atoms with Crippen LogP contribution < -0.4 is 19.5 Å². The van der Waals surface area contributed by atoms with Crippen LogP contribution >= 0.6 is 23.4 Å². The van der Waals surface area contributed by atoms with Crippen LogP contribution in [0.25, 0.3) is 0 Å². The Hall–Kier alpha value is -3.43. The molecule has 4 rings (SSSR count). The van der Waals surface area contributed by atoms with Crippen molar-refractivity contribution in [1.82, 2.24) is 9.88 Å². The largest absolute Gasteiger partial charge is 0.492 e. The lowest BCUT2D eigenvalue weighted by Crippen LogP contribution is -2.31. The number of anilines is 1. The molecule has 0 atom stereocenters. The number of likely N-dealkylation sites (N-methyl/N-ethyl adjacent to an activating group) is 1. The van der Waals surface area contributed by atoms with Gasteiger partial charge in [0.05, 0.1) is 17.9 Å². The third-order valence-corrected chi connectivity index (χ3v) is 6.11. The van der Waals surface area contributed by atoms with Gasteiger partial charge in [-0.25, -0.2) is 4.98 Å². The Morgan fingerprint density at radius 1 is 1.15 bits per heavy atom. The van der Waals surface area contributed by atoms with Crippen LogP contribution in [0, 0.1) is 0 Å². The smallest absolute Gasteiger partial charge is 0.256 e. The molecule has 2 amide bonds. The molecule has 1 aliphatic rings. The van der Waals surface area contributed by atoms with Crippen LogP contribution in [0.15, 0.2) is 65.8 Å². The van der Waals surface area contributed by atoms with E-state index in [0.29, 0.717) is 51.7 Å². The van der Waals surface area contributed by atoms with Crippen molar-refractivity contribution < 1.29 is 23.8 Å². The van der Waals surface area contributed by atoms with Crippen LogP contribution in [0.3, 0.4) is 0 Å². The number of amides is 2. The SMILES string of the molecule is CN(CCOc1ccc(Cl)cc1)C(=O)c1cccnc1SCC(=O)Nc1ccc2c(c1)OCO2. The highest BCUT2D eigenvalue weighted by molar-refractivity contribution is 8.00. The fraction of sp³-hybridized carbons (Fsp3) is 0.208. The molecule has 10 heteroatoms. The molecule has 176 valence electrons. The maximum absolute atomic E-state index is 13.0. The Labute approximate surface area is 206 Å². The number of thioether (sulfide) groups is 1. The van der Waals surface area contributed by atoms with E-state index in [-0.39, 0.29) is 24.4 Å². The van der Waals surface area contributed by atoms with Gasteiger partial charge >= 0.3 is 0 Å². The molecule has 0 aliphatic carbocycles. The van der Waals surface area contributed by atoms with Crippen molar-refractivity contribution in [3.05, 3.63) is 71.4 Å². The van der Waals surface area contributed by atoms with E-state index in [0.717, 1.165) is 0 Å². The molecule has 0 saturated heterocycles. The number of nitrogens with zero attached hydrogens (tertiary/aromatic N) is 2. The molecule has 0 radical (unpaired) electrons. The number of benzene rings is 2. The molecule has 0 bridgehead atoms. The number of nitrogens with one attached hydrogen (secondary N) is 1. The lowest BCUT2D eigenvalue weighted by Gasteiger charge is -2.18. The maximum Gasteiger partial charge on any atom is 0.256 e. The van der Waals surface area contributed by atoms with Crippen molar-refractivity contribution in [2.45, 2.75) is 5.03 Å². The fourth-order valence-electron chi connectivity index (χ4n) is 3.11. The number of carbonyl (C=O) groups excluding carboxylic acids is 2. The summed E-state index contributed by atoms with van der Waals surface area (Å²) in [5.41, 5.74) is 1.03. The minimum absolute atomic E-state index is 0.0924. The first-order chi connectivity index (χ1) is 16.5. The topological polar surface area (TPSA) is 90.0 Å². The van der Waals surface area contributed by atoms with Crippen LogP contribution in [0.2, 0.25) is 5.02 Å². The summed E-state index contributed by atoms with van der Waals surface area (Å²) >= 11 is 7.07. The van der Waals surface area contributed by atoms with Gasteiger partial charge in [-0.1, -0.05) is 23.4 Å². The van der Waals surface area contributed by atoms with Gasteiger partial charge in [-0.3, -0.25) is 9.59 Å². The van der Waals surface area contributed by atoms with Crippen molar-refractivity contribution in [2.75, 3.05) is 38.1 Å². The summed E-state index contributed by atoms with van der Waals surface area (Å²) in [6, 6.07) is 15.6. The van der Waals surface area contributed by atoms with Crippen molar-refractivity contribution in [1.29, 1.82) is 0 Å². The highest BCUT2D eigenvalue weighted by Gasteiger charge is 2.19. The minimum atomic E-state index is -0.224. The number of rotatable bonds is 9. The summed E-state index contributed by atoms with van der Waals surface area (Å²) in [6.07, 6.45) is 1.60. The lowest BCUT2D eigenvalue weighted by atomic mass is 10.2. The first-order valence-electron chi connectivity index (χ1n) is 10.4. The summed E-state index contributed by atoms with van der Waals surface area (Å²) in [6.45, 7) is 0.871. The lowest BCUT2D eigenvalue weighted by molar-refractivity contribution is -0.113. The number of fused-ring (bicyclic) bond motifs is 1. The molecule has 0 fully saturated rings. The van der Waals surface area contributed by atoms with Crippen molar-refractivity contribution in [2.24, 2.45) is 0 Å². The van der Waals surface area contributed by atoms with Gasteiger partial charge in [0.25, 0.3) is 5.91 Å². The van der Waals surface area contributed by atoms with E-state index in [1.807, 2.05) is 0 Å². The molecule has 0 saturated carbocycles. The fourth-order valence-corrected chi connectivity index (χ4v) is 4.02. The Kier molecular flexibility index (Phi) is 7.76. The highest BCUT2D eigenvalue weighted by Crippen LogP contribution is 2.34. The molecule has 2 heterocycles. The number of hydrogen-bond acceptors (Lipinski definition) is 7. The molecule has 1 aliphatic heterocycles. The van der Waals surface area contributed by atoms with Gasteiger partial charge in [0.15, 0.2) is 11.5 Å². The van der Waals surface area contributed by atoms with E-state index >= 15 is 0 Å². The van der Waals surface area contributed by atoms with Crippen LogP contribution in [-0.4, -0.2) is 54.4 Å². The van der Waals surface area contributed by atoms with Gasteiger partial charge in [0, 0.05) is 30.0 Å². The Morgan fingerprint density at radius 2 is 1.94 bits per heavy atom. The predicted molar refractivity (Wildman–Crippen MR) is 130 cm³/mol. The van der Waals surface area contributed by atoms with Crippen LogP contribution in [0.1, 0.15) is 10.4 Å². The third-order valence-electron chi connectivity index (χ3n) is 4.85. The molecular formula is C24H22ClN3O5S. The minimum Gasteiger partial charge on any atom is -0.492 e. The van der Waals surface area contributed by atoms with Gasteiger partial charge in [-0.15, -0.1) is 0 Å². The predicted octanol–water partition coefficient (Wildman–Crippen LogP) is 4.35. The number of aromatic nitrogens is 1. The van der Waals surface area contributed by atoms with Crippen LogP contribution in [0.4, 0.5) is 5.69 Å². The molecule has 0 unspecified atom stereocenters. The summed E-state index contributed by atoms with van der Waals surface area (Å²) < 4.78 is 16.3. The van der Waals surface area contributed by atoms with Crippen molar-refractivity contribution >= 4 is 40.9 Å². The third kappa shape index (κ3) is 6.12. The molecule has 8 nitrogen and oxygen atoms in total. The number of pyridine rings is 1. The zero-order valence-electron chi connectivity index (χ0n) is 18.3. The van der Waals surface area contributed by atoms with Gasteiger partial charge in [0.1, 0.15) is 17.4 Å². The summed E-state index contributed by atoms with van der Waals surface area (Å²) in [7, 11) is 1.70. The van der Waals surface area contributed by atoms with E-state index in [2.05, 4.69) is 10.3 Å². The number of ether oxygens (including phenoxy) is 3. The second-order valence-corrected chi connectivity index (χ2v) is 8.69. The van der Waals surface area contributed by atoms with Gasteiger partial charge in [-0.05, 0) is 48.5 Å².